The molecule has 2 unspecified atom stereocenters. The van der Waals surface area contributed by atoms with Gasteiger partial charge in [-0.25, -0.2) is 4.79 Å². The van der Waals surface area contributed by atoms with E-state index in [0.29, 0.717) is 25.8 Å². The van der Waals surface area contributed by atoms with Crippen molar-refractivity contribution in [3.8, 4) is 0 Å². The van der Waals surface area contributed by atoms with Crippen LogP contribution in [0.2, 0.25) is 0 Å². The third kappa shape index (κ3) is 4.29. The van der Waals surface area contributed by atoms with Crippen LogP contribution >= 0.6 is 0 Å². The number of nitrogens with two attached hydrogens (primary N) is 1. The molecular weight excluding hydrogens is 226 g/mol. The first-order valence-electron chi connectivity index (χ1n) is 5.54. The predicted molar refractivity (Wildman–Crippen MR) is 59.1 cm³/mol. The van der Waals surface area contributed by atoms with Gasteiger partial charge in [-0.15, -0.1) is 0 Å². The van der Waals surface area contributed by atoms with Crippen LogP contribution in [0.4, 0.5) is 4.79 Å². The molecule has 1 aliphatic rings. The Hall–Kier alpha value is -1.79. The first kappa shape index (κ1) is 13.3. The van der Waals surface area contributed by atoms with Gasteiger partial charge in [-0.1, -0.05) is 0 Å². The summed E-state index contributed by atoms with van der Waals surface area (Å²) in [6.07, 6.45) is 1.55. The van der Waals surface area contributed by atoms with Gasteiger partial charge in [-0.05, 0) is 19.3 Å². The summed E-state index contributed by atoms with van der Waals surface area (Å²) in [4.78, 5) is 32.7. The van der Waals surface area contributed by atoms with Crippen LogP contribution in [0.3, 0.4) is 0 Å². The topological polar surface area (TPSA) is 122 Å². The van der Waals surface area contributed by atoms with Crippen molar-refractivity contribution in [2.24, 2.45) is 17.6 Å². The molecular formula is C10H17N3O4. The predicted octanol–water partition coefficient (Wildman–Crippen LogP) is -0.728. The molecule has 0 bridgehead atoms. The fraction of sp³-hybridized carbons (Fsp3) is 0.700. The Bertz CT molecular complexity index is 319. The molecule has 0 spiro atoms. The molecule has 7 heteroatoms. The highest BCUT2D eigenvalue weighted by Gasteiger charge is 2.33. The van der Waals surface area contributed by atoms with Crippen LogP contribution in [-0.2, 0) is 9.59 Å². The van der Waals surface area contributed by atoms with Gasteiger partial charge in [0.25, 0.3) is 0 Å². The van der Waals surface area contributed by atoms with Gasteiger partial charge in [0.1, 0.15) is 0 Å². The Balaban J connectivity index is 2.21. The average Bonchev–Trinajstić information content (AvgIpc) is 2.73. The lowest BCUT2D eigenvalue weighted by Gasteiger charge is -2.10. The van der Waals surface area contributed by atoms with Crippen molar-refractivity contribution in [3.63, 3.8) is 0 Å². The van der Waals surface area contributed by atoms with E-state index in [9.17, 15) is 14.4 Å². The van der Waals surface area contributed by atoms with Crippen molar-refractivity contribution >= 4 is 17.9 Å². The van der Waals surface area contributed by atoms with E-state index in [1.165, 1.54) is 0 Å². The van der Waals surface area contributed by atoms with Gasteiger partial charge < -0.3 is 21.5 Å². The lowest BCUT2D eigenvalue weighted by atomic mass is 10.0. The number of aliphatic carboxylic acids is 1. The highest BCUT2D eigenvalue weighted by atomic mass is 16.4. The van der Waals surface area contributed by atoms with Crippen molar-refractivity contribution in [1.29, 1.82) is 0 Å². The molecule has 1 aliphatic carbocycles. The summed E-state index contributed by atoms with van der Waals surface area (Å²) in [6.45, 7) is 0.576. The zero-order chi connectivity index (χ0) is 12.8. The van der Waals surface area contributed by atoms with Crippen molar-refractivity contribution in [2.75, 3.05) is 13.1 Å². The fourth-order valence-electron chi connectivity index (χ4n) is 1.96. The van der Waals surface area contributed by atoms with Crippen LogP contribution in [0.5, 0.6) is 0 Å². The minimum absolute atomic E-state index is 0.153. The van der Waals surface area contributed by atoms with Gasteiger partial charge in [0.15, 0.2) is 0 Å². The first-order chi connectivity index (χ1) is 8.00. The molecule has 3 amide bonds. The largest absolute Gasteiger partial charge is 0.481 e. The second kappa shape index (κ2) is 6.07. The normalized spacial score (nSPS) is 23.1. The smallest absolute Gasteiger partial charge is 0.312 e. The SMILES string of the molecule is NC(=O)NCCNC(=O)C1CCC(C(=O)O)C1. The monoisotopic (exact) mass is 243 g/mol. The second-order valence-electron chi connectivity index (χ2n) is 4.13. The third-order valence-corrected chi connectivity index (χ3v) is 2.88. The molecule has 0 aromatic rings. The maximum Gasteiger partial charge on any atom is 0.312 e. The quantitative estimate of drug-likeness (QED) is 0.475. The highest BCUT2D eigenvalue weighted by molar-refractivity contribution is 5.80. The van der Waals surface area contributed by atoms with E-state index in [1.807, 2.05) is 0 Å². The summed E-state index contributed by atoms with van der Waals surface area (Å²) in [5, 5.41) is 13.8. The van der Waals surface area contributed by atoms with Gasteiger partial charge in [-0.2, -0.15) is 0 Å². The molecule has 7 nitrogen and oxygen atoms in total. The second-order valence-corrected chi connectivity index (χ2v) is 4.13. The van der Waals surface area contributed by atoms with Crippen molar-refractivity contribution in [1.82, 2.24) is 10.6 Å². The zero-order valence-electron chi connectivity index (χ0n) is 9.44. The van der Waals surface area contributed by atoms with Gasteiger partial charge >= 0.3 is 12.0 Å². The Morgan fingerprint density at radius 2 is 1.71 bits per heavy atom. The van der Waals surface area contributed by atoms with Gasteiger partial charge in [-0.3, -0.25) is 9.59 Å². The van der Waals surface area contributed by atoms with Crippen LogP contribution in [-0.4, -0.2) is 36.1 Å². The van der Waals surface area contributed by atoms with Gasteiger partial charge in [0.2, 0.25) is 5.91 Å². The molecule has 0 aromatic heterocycles. The van der Waals surface area contributed by atoms with E-state index in [2.05, 4.69) is 10.6 Å². The number of rotatable bonds is 5. The van der Waals surface area contributed by atoms with Crippen molar-refractivity contribution in [2.45, 2.75) is 19.3 Å². The van der Waals surface area contributed by atoms with E-state index in [4.69, 9.17) is 10.8 Å². The van der Waals surface area contributed by atoms with Crippen molar-refractivity contribution < 1.29 is 19.5 Å². The maximum atomic E-state index is 11.6. The molecule has 1 saturated carbocycles. The number of carboxylic acids is 1. The van der Waals surface area contributed by atoms with Crippen LogP contribution in [0.25, 0.3) is 0 Å². The van der Waals surface area contributed by atoms with Crippen LogP contribution < -0.4 is 16.4 Å². The number of amides is 3. The van der Waals surface area contributed by atoms with Gasteiger partial charge in [0.05, 0.1) is 5.92 Å². The summed E-state index contributed by atoms with van der Waals surface area (Å²) < 4.78 is 0. The Morgan fingerprint density at radius 1 is 1.12 bits per heavy atom. The minimum atomic E-state index is -0.837. The lowest BCUT2D eigenvalue weighted by molar-refractivity contribution is -0.141. The lowest BCUT2D eigenvalue weighted by Crippen LogP contribution is -2.39. The standard InChI is InChI=1S/C10H17N3O4/c11-10(17)13-4-3-12-8(14)6-1-2-7(5-6)9(15)16/h6-7H,1-5H2,(H,12,14)(H,15,16)(H3,11,13,17). The number of hydrogen-bond donors (Lipinski definition) is 4. The number of carbonyl (C=O) groups is 3. The minimum Gasteiger partial charge on any atom is -0.481 e. The van der Waals surface area contributed by atoms with Crippen molar-refractivity contribution in [3.05, 3.63) is 0 Å². The fourth-order valence-corrected chi connectivity index (χ4v) is 1.96. The molecule has 0 saturated heterocycles. The number of primary amides is 1. The summed E-state index contributed by atoms with van der Waals surface area (Å²) in [5.41, 5.74) is 4.85. The van der Waals surface area contributed by atoms with Crippen LogP contribution in [0.15, 0.2) is 0 Å². The molecule has 1 rings (SSSR count). The summed E-state index contributed by atoms with van der Waals surface area (Å²) in [6, 6.07) is -0.633. The average molecular weight is 243 g/mol. The number of nitrogens with one attached hydrogen (secondary N) is 2. The molecule has 1 fully saturated rings. The summed E-state index contributed by atoms with van der Waals surface area (Å²) in [7, 11) is 0. The zero-order valence-corrected chi connectivity index (χ0v) is 9.44. The van der Waals surface area contributed by atoms with E-state index < -0.39 is 17.9 Å². The number of carbonyl (C=O) groups excluding carboxylic acids is 2. The highest BCUT2D eigenvalue weighted by Crippen LogP contribution is 2.30. The molecule has 0 aliphatic heterocycles. The molecule has 0 radical (unpaired) electrons. The number of urea groups is 1. The maximum absolute atomic E-state index is 11.6. The Morgan fingerprint density at radius 3 is 2.24 bits per heavy atom. The third-order valence-electron chi connectivity index (χ3n) is 2.88. The molecule has 0 heterocycles. The van der Waals surface area contributed by atoms with E-state index in [1.54, 1.807) is 0 Å². The van der Waals surface area contributed by atoms with Gasteiger partial charge in [0, 0.05) is 19.0 Å². The summed E-state index contributed by atoms with van der Waals surface area (Å²) >= 11 is 0. The molecule has 96 valence electrons. The summed E-state index contributed by atoms with van der Waals surface area (Å²) in [5.74, 6) is -1.63. The molecule has 17 heavy (non-hydrogen) atoms. The Kier molecular flexibility index (Phi) is 4.74. The molecule has 2 atom stereocenters. The van der Waals surface area contributed by atoms with E-state index in [0.717, 1.165) is 0 Å². The van der Waals surface area contributed by atoms with E-state index >= 15 is 0 Å². The van der Waals surface area contributed by atoms with Crippen LogP contribution in [0, 0.1) is 11.8 Å². The molecule has 5 N–H and O–H groups in total. The molecule has 0 aromatic carbocycles. The number of hydrogen-bond acceptors (Lipinski definition) is 3. The first-order valence-corrected chi connectivity index (χ1v) is 5.54. The van der Waals surface area contributed by atoms with E-state index in [-0.39, 0.29) is 18.4 Å². The Labute approximate surface area is 98.7 Å². The number of carboxylic acid groups (broad SMARTS) is 1. The van der Waals surface area contributed by atoms with Crippen LogP contribution in [0.1, 0.15) is 19.3 Å².